The molecule has 4 rings (SSSR count). The predicted octanol–water partition coefficient (Wildman–Crippen LogP) is 5.80. The van der Waals surface area contributed by atoms with Gasteiger partial charge in [-0.25, -0.2) is 0 Å². The number of likely N-dealkylation sites (N-methyl/N-ethyl adjacent to an activating group) is 1. The summed E-state index contributed by atoms with van der Waals surface area (Å²) in [6, 6.07) is 19.3. The number of ether oxygens (including phenoxy) is 1. The molecule has 0 radical (unpaired) electrons. The molecular formula is C28H29ClN4O3. The van der Waals surface area contributed by atoms with E-state index in [0.29, 0.717) is 34.8 Å². The summed E-state index contributed by atoms with van der Waals surface area (Å²) in [5.74, 6) is 1.56. The third-order valence-electron chi connectivity index (χ3n) is 5.65. The van der Waals surface area contributed by atoms with Crippen molar-refractivity contribution >= 4 is 23.2 Å². The fraction of sp³-hybridized carbons (Fsp3) is 0.250. The van der Waals surface area contributed by atoms with Gasteiger partial charge in [-0.05, 0) is 61.5 Å². The van der Waals surface area contributed by atoms with E-state index in [2.05, 4.69) is 28.4 Å². The summed E-state index contributed by atoms with van der Waals surface area (Å²) in [6.45, 7) is 5.10. The van der Waals surface area contributed by atoms with Crippen molar-refractivity contribution < 1.29 is 14.1 Å². The Balaban J connectivity index is 1.38. The van der Waals surface area contributed by atoms with Gasteiger partial charge in [0, 0.05) is 30.8 Å². The summed E-state index contributed by atoms with van der Waals surface area (Å²) in [4.78, 5) is 19.0. The summed E-state index contributed by atoms with van der Waals surface area (Å²) in [5, 5.41) is 7.43. The Hall–Kier alpha value is -3.68. The lowest BCUT2D eigenvalue weighted by Crippen LogP contribution is -2.19. The largest absolute Gasteiger partial charge is 0.491 e. The second-order valence-electron chi connectivity index (χ2n) is 8.89. The maximum Gasteiger partial charge on any atom is 0.228 e. The predicted molar refractivity (Wildman–Crippen MR) is 142 cm³/mol. The van der Waals surface area contributed by atoms with Gasteiger partial charge in [0.1, 0.15) is 12.4 Å². The Morgan fingerprint density at radius 3 is 2.44 bits per heavy atom. The lowest BCUT2D eigenvalue weighted by molar-refractivity contribution is -0.115. The van der Waals surface area contributed by atoms with E-state index in [0.717, 1.165) is 34.4 Å². The maximum atomic E-state index is 12.7. The van der Waals surface area contributed by atoms with Crippen LogP contribution in [0.15, 0.2) is 65.2 Å². The highest BCUT2D eigenvalue weighted by Gasteiger charge is 2.11. The number of carbonyl (C=O) groups is 1. The molecule has 7 nitrogen and oxygen atoms in total. The first kappa shape index (κ1) is 25.4. The smallest absolute Gasteiger partial charge is 0.228 e. The van der Waals surface area contributed by atoms with Gasteiger partial charge in [0.05, 0.1) is 11.4 Å². The van der Waals surface area contributed by atoms with Crippen LogP contribution in [0.3, 0.4) is 0 Å². The molecule has 0 bridgehead atoms. The molecule has 0 saturated heterocycles. The van der Waals surface area contributed by atoms with Crippen molar-refractivity contribution in [1.29, 1.82) is 0 Å². The normalized spacial score (nSPS) is 11.1. The summed E-state index contributed by atoms with van der Waals surface area (Å²) in [5.41, 5.74) is 5.77. The summed E-state index contributed by atoms with van der Waals surface area (Å²) in [7, 11) is 3.95. The molecule has 1 aromatic heterocycles. The number of hydrogen-bond donors (Lipinski definition) is 1. The lowest BCUT2D eigenvalue weighted by atomic mass is 9.97. The molecule has 0 aliphatic rings. The van der Waals surface area contributed by atoms with Crippen LogP contribution in [-0.4, -0.2) is 48.2 Å². The van der Waals surface area contributed by atoms with Gasteiger partial charge in [0.2, 0.25) is 17.6 Å². The number of hydrogen-bond acceptors (Lipinski definition) is 6. The van der Waals surface area contributed by atoms with Gasteiger partial charge in [-0.2, -0.15) is 4.98 Å². The van der Waals surface area contributed by atoms with Crippen LogP contribution in [0, 0.1) is 13.8 Å². The van der Waals surface area contributed by atoms with Gasteiger partial charge in [0.25, 0.3) is 0 Å². The maximum absolute atomic E-state index is 12.7. The van der Waals surface area contributed by atoms with E-state index in [-0.39, 0.29) is 12.3 Å². The molecule has 186 valence electrons. The van der Waals surface area contributed by atoms with Gasteiger partial charge in [-0.1, -0.05) is 53.2 Å². The van der Waals surface area contributed by atoms with Crippen LogP contribution in [0.5, 0.6) is 5.75 Å². The Bertz CT molecular complexity index is 1350. The second-order valence-corrected chi connectivity index (χ2v) is 9.29. The van der Waals surface area contributed by atoms with Crippen LogP contribution in [0.1, 0.15) is 17.0 Å². The fourth-order valence-electron chi connectivity index (χ4n) is 3.77. The van der Waals surface area contributed by atoms with Crippen LogP contribution in [0.4, 0.5) is 5.69 Å². The first-order valence-electron chi connectivity index (χ1n) is 11.7. The van der Waals surface area contributed by atoms with Gasteiger partial charge >= 0.3 is 0 Å². The van der Waals surface area contributed by atoms with E-state index in [1.165, 1.54) is 0 Å². The molecule has 0 fully saturated rings. The van der Waals surface area contributed by atoms with E-state index >= 15 is 0 Å². The van der Waals surface area contributed by atoms with Crippen molar-refractivity contribution in [2.75, 3.05) is 32.6 Å². The quantitative estimate of drug-likeness (QED) is 0.310. The lowest BCUT2D eigenvalue weighted by Gasteiger charge is -2.13. The number of aryl methyl sites for hydroxylation is 2. The molecule has 8 heteroatoms. The number of anilines is 1. The molecule has 0 unspecified atom stereocenters. The molecule has 0 spiro atoms. The molecule has 1 heterocycles. The van der Waals surface area contributed by atoms with Crippen LogP contribution in [0.2, 0.25) is 5.02 Å². The minimum atomic E-state index is -0.111. The highest BCUT2D eigenvalue weighted by atomic mass is 35.5. The van der Waals surface area contributed by atoms with E-state index in [1.807, 2.05) is 55.4 Å². The Labute approximate surface area is 216 Å². The zero-order chi connectivity index (χ0) is 25.7. The van der Waals surface area contributed by atoms with Gasteiger partial charge < -0.3 is 19.5 Å². The molecule has 0 atom stereocenters. The number of nitrogens with zero attached hydrogens (tertiary/aromatic N) is 3. The first-order valence-corrected chi connectivity index (χ1v) is 12.0. The molecule has 36 heavy (non-hydrogen) atoms. The third-order valence-corrected chi connectivity index (χ3v) is 5.97. The van der Waals surface area contributed by atoms with Gasteiger partial charge in [-0.15, -0.1) is 0 Å². The molecule has 4 aromatic rings. The number of benzene rings is 3. The summed E-state index contributed by atoms with van der Waals surface area (Å²) >= 11 is 6.23. The van der Waals surface area contributed by atoms with Crippen molar-refractivity contribution in [3.05, 3.63) is 82.7 Å². The Kier molecular flexibility index (Phi) is 8.03. The second kappa shape index (κ2) is 11.4. The number of carbonyl (C=O) groups excluding carboxylic acids is 1. The minimum absolute atomic E-state index is 0.111. The van der Waals surface area contributed by atoms with Crippen molar-refractivity contribution in [1.82, 2.24) is 15.0 Å². The molecule has 3 aromatic carbocycles. The Morgan fingerprint density at radius 2 is 1.78 bits per heavy atom. The van der Waals surface area contributed by atoms with Crippen LogP contribution >= 0.6 is 11.6 Å². The zero-order valence-corrected chi connectivity index (χ0v) is 21.6. The van der Waals surface area contributed by atoms with Crippen LogP contribution < -0.4 is 10.1 Å². The highest BCUT2D eigenvalue weighted by molar-refractivity contribution is 6.32. The van der Waals surface area contributed by atoms with E-state index in [1.54, 1.807) is 25.1 Å². The van der Waals surface area contributed by atoms with E-state index in [9.17, 15) is 4.79 Å². The number of amides is 1. The number of nitrogens with one attached hydrogen (secondary N) is 1. The summed E-state index contributed by atoms with van der Waals surface area (Å²) < 4.78 is 10.8. The molecule has 1 N–H and O–H groups in total. The van der Waals surface area contributed by atoms with Gasteiger partial charge in [-0.3, -0.25) is 4.79 Å². The Morgan fingerprint density at radius 1 is 1.03 bits per heavy atom. The van der Waals surface area contributed by atoms with Crippen LogP contribution in [0.25, 0.3) is 22.5 Å². The minimum Gasteiger partial charge on any atom is -0.491 e. The number of aromatic nitrogens is 2. The van der Waals surface area contributed by atoms with E-state index < -0.39 is 0 Å². The van der Waals surface area contributed by atoms with E-state index in [4.69, 9.17) is 20.9 Å². The topological polar surface area (TPSA) is 80.5 Å². The standard InChI is InChI=1S/C28H29ClN4O3/c1-18-15-22(28-30-19(2)36-32-28)9-11-24(18)21-7-5-20(6-8-21)16-27(34)31-23-10-12-25(29)26(17-23)35-14-13-33(3)4/h5-12,15,17H,13-14,16H2,1-4H3,(H,31,34). The zero-order valence-electron chi connectivity index (χ0n) is 20.8. The highest BCUT2D eigenvalue weighted by Crippen LogP contribution is 2.29. The monoisotopic (exact) mass is 504 g/mol. The fourth-order valence-corrected chi connectivity index (χ4v) is 3.94. The average molecular weight is 505 g/mol. The van der Waals surface area contributed by atoms with Crippen LogP contribution in [-0.2, 0) is 11.2 Å². The van der Waals surface area contributed by atoms with Crippen molar-refractivity contribution in [3.63, 3.8) is 0 Å². The molecule has 1 amide bonds. The number of halogens is 1. The SMILES string of the molecule is Cc1nc(-c2ccc(-c3ccc(CC(=O)Nc4ccc(Cl)c(OCCN(C)C)c4)cc3)c(C)c2)no1. The van der Waals surface area contributed by atoms with Crippen molar-refractivity contribution in [2.45, 2.75) is 20.3 Å². The number of rotatable bonds is 9. The van der Waals surface area contributed by atoms with Crippen molar-refractivity contribution in [3.8, 4) is 28.3 Å². The summed E-state index contributed by atoms with van der Waals surface area (Å²) in [6.07, 6.45) is 0.259. The first-order chi connectivity index (χ1) is 17.3. The third kappa shape index (κ3) is 6.50. The molecule has 0 saturated carbocycles. The molecular weight excluding hydrogens is 476 g/mol. The molecule has 0 aliphatic carbocycles. The van der Waals surface area contributed by atoms with Crippen molar-refractivity contribution in [2.24, 2.45) is 0 Å². The van der Waals surface area contributed by atoms with Gasteiger partial charge in [0.15, 0.2) is 0 Å². The molecule has 0 aliphatic heterocycles. The average Bonchev–Trinajstić information content (AvgIpc) is 3.28.